The topological polar surface area (TPSA) is 125 Å². The molecule has 1 aliphatic rings. The molecule has 11 heteroatoms. The Labute approximate surface area is 195 Å². The van der Waals surface area contributed by atoms with Gasteiger partial charge < -0.3 is 18.6 Å². The maximum atomic E-state index is 12.5. The number of nitro benzene ring substituents is 1. The van der Waals surface area contributed by atoms with Crippen LogP contribution in [0, 0.1) is 10.1 Å². The molecule has 1 saturated heterocycles. The third-order valence-electron chi connectivity index (χ3n) is 5.07. The van der Waals surface area contributed by atoms with Gasteiger partial charge in [-0.15, -0.1) is 0 Å². The lowest BCUT2D eigenvalue weighted by Gasteiger charge is -2.32. The summed E-state index contributed by atoms with van der Waals surface area (Å²) in [4.78, 5) is 24.3. The third-order valence-corrected chi connectivity index (χ3v) is 6.33. The summed E-state index contributed by atoms with van der Waals surface area (Å²) in [6, 6.07) is 19.4. The van der Waals surface area contributed by atoms with Gasteiger partial charge in [0.05, 0.1) is 18.1 Å². The highest BCUT2D eigenvalue weighted by Gasteiger charge is 2.27. The fraction of sp³-hybridized carbons (Fsp3) is 0.174. The summed E-state index contributed by atoms with van der Waals surface area (Å²) in [5.41, 5.74) is 0.632. The summed E-state index contributed by atoms with van der Waals surface area (Å²) in [7, 11) is -3.95. The number of benzene rings is 3. The lowest BCUT2D eigenvalue weighted by molar-refractivity contribution is -0.384. The van der Waals surface area contributed by atoms with Crippen molar-refractivity contribution in [2.75, 3.05) is 19.7 Å². The standard InChI is InChI=1S/C23H20N2O8S/c26-23(32-19-12-8-18(9-13-19)25(27)28)24-14-15-31-22(16-24)17-6-10-20(11-7-17)33-34(29,30)21-4-2-1-3-5-21/h1-13,22H,14-16H2/t22-/m1/s1. The molecule has 1 aliphatic heterocycles. The molecule has 1 atom stereocenters. The van der Waals surface area contributed by atoms with E-state index in [0.29, 0.717) is 6.54 Å². The Kier molecular flexibility index (Phi) is 6.75. The second-order valence-electron chi connectivity index (χ2n) is 7.34. The van der Waals surface area contributed by atoms with Gasteiger partial charge in [0.15, 0.2) is 0 Å². The minimum absolute atomic E-state index is 0.0527. The zero-order valence-electron chi connectivity index (χ0n) is 17.8. The number of morpholine rings is 1. The molecule has 0 radical (unpaired) electrons. The Bertz CT molecular complexity index is 1260. The van der Waals surface area contributed by atoms with Crippen molar-refractivity contribution in [2.45, 2.75) is 11.0 Å². The van der Waals surface area contributed by atoms with E-state index in [-0.39, 0.29) is 35.2 Å². The van der Waals surface area contributed by atoms with Crippen LogP contribution in [-0.4, -0.2) is 44.0 Å². The van der Waals surface area contributed by atoms with Gasteiger partial charge in [0.2, 0.25) is 0 Å². The molecule has 0 unspecified atom stereocenters. The number of rotatable bonds is 6. The largest absolute Gasteiger partial charge is 0.415 e. The van der Waals surface area contributed by atoms with Crippen LogP contribution in [0.1, 0.15) is 11.7 Å². The smallest absolute Gasteiger partial charge is 0.410 e. The number of non-ortho nitro benzene ring substituents is 1. The first kappa shape index (κ1) is 23.2. The van der Waals surface area contributed by atoms with Crippen molar-refractivity contribution < 1.29 is 31.8 Å². The minimum atomic E-state index is -3.95. The third kappa shape index (κ3) is 5.50. The molecule has 0 spiro atoms. The summed E-state index contributed by atoms with van der Waals surface area (Å²) in [6.45, 7) is 0.813. The van der Waals surface area contributed by atoms with Crippen molar-refractivity contribution in [1.29, 1.82) is 0 Å². The first-order chi connectivity index (χ1) is 16.3. The van der Waals surface area contributed by atoms with Gasteiger partial charge in [-0.3, -0.25) is 10.1 Å². The quantitative estimate of drug-likeness (QED) is 0.293. The van der Waals surface area contributed by atoms with E-state index in [1.807, 2.05) is 0 Å². The van der Waals surface area contributed by atoms with Crippen LogP contribution in [0.15, 0.2) is 83.8 Å². The molecule has 1 amide bonds. The Morgan fingerprint density at radius 3 is 2.26 bits per heavy atom. The van der Waals surface area contributed by atoms with E-state index >= 15 is 0 Å². The van der Waals surface area contributed by atoms with Crippen LogP contribution in [0.2, 0.25) is 0 Å². The van der Waals surface area contributed by atoms with Gasteiger partial charge in [-0.25, -0.2) is 4.79 Å². The predicted octanol–water partition coefficient (Wildman–Crippen LogP) is 3.93. The molecule has 34 heavy (non-hydrogen) atoms. The van der Waals surface area contributed by atoms with Crippen molar-refractivity contribution in [3.8, 4) is 11.5 Å². The van der Waals surface area contributed by atoms with E-state index in [0.717, 1.165) is 5.56 Å². The molecule has 0 aliphatic carbocycles. The summed E-state index contributed by atoms with van der Waals surface area (Å²) in [5.74, 6) is 0.345. The number of amides is 1. The second-order valence-corrected chi connectivity index (χ2v) is 8.89. The van der Waals surface area contributed by atoms with Crippen molar-refractivity contribution in [3.63, 3.8) is 0 Å². The summed E-state index contributed by atoms with van der Waals surface area (Å²) in [5, 5.41) is 10.7. The molecule has 4 rings (SSSR count). The van der Waals surface area contributed by atoms with Crippen LogP contribution < -0.4 is 8.92 Å². The lowest BCUT2D eigenvalue weighted by atomic mass is 10.1. The van der Waals surface area contributed by atoms with Gasteiger partial charge in [0.25, 0.3) is 5.69 Å². The number of carbonyl (C=O) groups is 1. The van der Waals surface area contributed by atoms with E-state index in [4.69, 9.17) is 13.7 Å². The Balaban J connectivity index is 1.38. The van der Waals surface area contributed by atoms with Crippen LogP contribution in [0.4, 0.5) is 10.5 Å². The van der Waals surface area contributed by atoms with Gasteiger partial charge in [-0.05, 0) is 42.0 Å². The van der Waals surface area contributed by atoms with Gasteiger partial charge in [0, 0.05) is 18.7 Å². The molecule has 0 saturated carbocycles. The average Bonchev–Trinajstić information content (AvgIpc) is 2.85. The van der Waals surface area contributed by atoms with E-state index in [2.05, 4.69) is 0 Å². The van der Waals surface area contributed by atoms with E-state index < -0.39 is 27.2 Å². The zero-order chi connectivity index (χ0) is 24.1. The van der Waals surface area contributed by atoms with Crippen LogP contribution in [0.3, 0.4) is 0 Å². The normalized spacial score (nSPS) is 16.0. The molecule has 1 fully saturated rings. The van der Waals surface area contributed by atoms with E-state index in [1.165, 1.54) is 53.4 Å². The maximum absolute atomic E-state index is 12.5. The predicted molar refractivity (Wildman–Crippen MR) is 120 cm³/mol. The van der Waals surface area contributed by atoms with Crippen LogP contribution in [-0.2, 0) is 14.9 Å². The second kappa shape index (κ2) is 9.89. The number of nitrogens with zero attached hydrogens (tertiary/aromatic N) is 2. The van der Waals surface area contributed by atoms with Gasteiger partial charge in [-0.1, -0.05) is 30.3 Å². The Hall–Kier alpha value is -3.96. The Morgan fingerprint density at radius 1 is 0.971 bits per heavy atom. The van der Waals surface area contributed by atoms with Crippen LogP contribution >= 0.6 is 0 Å². The van der Waals surface area contributed by atoms with Crippen molar-refractivity contribution in [2.24, 2.45) is 0 Å². The minimum Gasteiger partial charge on any atom is -0.410 e. The first-order valence-corrected chi connectivity index (χ1v) is 11.6. The van der Waals surface area contributed by atoms with Gasteiger partial charge in [-0.2, -0.15) is 8.42 Å². The lowest BCUT2D eigenvalue weighted by Crippen LogP contribution is -2.43. The summed E-state index contributed by atoms with van der Waals surface area (Å²) < 4.78 is 41.0. The van der Waals surface area contributed by atoms with Crippen LogP contribution in [0.25, 0.3) is 0 Å². The molecule has 3 aromatic rings. The average molecular weight is 484 g/mol. The first-order valence-electron chi connectivity index (χ1n) is 10.2. The number of nitro groups is 1. The van der Waals surface area contributed by atoms with Gasteiger partial charge in [0.1, 0.15) is 22.5 Å². The fourth-order valence-corrected chi connectivity index (χ4v) is 4.27. The van der Waals surface area contributed by atoms with Crippen molar-refractivity contribution >= 4 is 21.9 Å². The number of hydrogen-bond donors (Lipinski definition) is 0. The Morgan fingerprint density at radius 2 is 1.62 bits per heavy atom. The molecule has 1 heterocycles. The molecule has 0 bridgehead atoms. The molecule has 10 nitrogen and oxygen atoms in total. The van der Waals surface area contributed by atoms with Crippen molar-refractivity contribution in [3.05, 3.63) is 94.5 Å². The van der Waals surface area contributed by atoms with E-state index in [9.17, 15) is 23.3 Å². The molecule has 0 aromatic heterocycles. The molecular weight excluding hydrogens is 464 g/mol. The monoisotopic (exact) mass is 484 g/mol. The van der Waals surface area contributed by atoms with E-state index in [1.54, 1.807) is 30.3 Å². The number of ether oxygens (including phenoxy) is 2. The molecule has 0 N–H and O–H groups in total. The molecule has 3 aromatic carbocycles. The van der Waals surface area contributed by atoms with Crippen molar-refractivity contribution in [1.82, 2.24) is 4.90 Å². The highest BCUT2D eigenvalue weighted by molar-refractivity contribution is 7.87. The summed E-state index contributed by atoms with van der Waals surface area (Å²) in [6.07, 6.45) is -1.05. The highest BCUT2D eigenvalue weighted by atomic mass is 32.2. The SMILES string of the molecule is O=C(Oc1ccc([N+](=O)[O-])cc1)N1CCO[C@@H](c2ccc(OS(=O)(=O)c3ccccc3)cc2)C1. The highest BCUT2D eigenvalue weighted by Crippen LogP contribution is 2.27. The number of hydrogen-bond acceptors (Lipinski definition) is 8. The maximum Gasteiger partial charge on any atom is 0.415 e. The number of carbonyl (C=O) groups excluding carboxylic acids is 1. The molecule has 176 valence electrons. The summed E-state index contributed by atoms with van der Waals surface area (Å²) >= 11 is 0. The fourth-order valence-electron chi connectivity index (χ4n) is 3.32. The zero-order valence-corrected chi connectivity index (χ0v) is 18.6. The van der Waals surface area contributed by atoms with Crippen LogP contribution in [0.5, 0.6) is 11.5 Å². The molecular formula is C23H20N2O8S. The van der Waals surface area contributed by atoms with Gasteiger partial charge >= 0.3 is 16.2 Å².